The summed E-state index contributed by atoms with van der Waals surface area (Å²) in [5, 5.41) is 25.1. The van der Waals surface area contributed by atoms with E-state index in [-0.39, 0.29) is 36.1 Å². The van der Waals surface area contributed by atoms with Crippen LogP contribution in [0.4, 0.5) is 0 Å². The van der Waals surface area contributed by atoms with E-state index in [0.29, 0.717) is 34.1 Å². The predicted octanol–water partition coefficient (Wildman–Crippen LogP) is 3.72. The zero-order chi connectivity index (χ0) is 27.6. The van der Waals surface area contributed by atoms with Gasteiger partial charge in [-0.1, -0.05) is 23.7 Å². The summed E-state index contributed by atoms with van der Waals surface area (Å²) in [7, 11) is 1.62. The first-order chi connectivity index (χ1) is 17.4. The Morgan fingerprint density at radius 3 is 2.27 bits per heavy atom. The lowest BCUT2D eigenvalue weighted by molar-refractivity contribution is -0.121. The molecule has 9 nitrogen and oxygen atoms in total. The van der Waals surface area contributed by atoms with Crippen molar-refractivity contribution in [2.24, 2.45) is 0 Å². The van der Waals surface area contributed by atoms with E-state index >= 15 is 0 Å². The molecule has 0 saturated heterocycles. The molecule has 2 aromatic heterocycles. The smallest absolute Gasteiger partial charge is 0.253 e. The molecule has 0 unspecified atom stereocenters. The van der Waals surface area contributed by atoms with Gasteiger partial charge in [0.2, 0.25) is 5.91 Å². The number of carbonyl (C=O) groups is 2. The number of rotatable bonds is 7. The maximum absolute atomic E-state index is 11.8. The van der Waals surface area contributed by atoms with E-state index in [0.717, 1.165) is 11.3 Å². The van der Waals surface area contributed by atoms with Gasteiger partial charge in [0.05, 0.1) is 31.4 Å². The Labute approximate surface area is 221 Å². The van der Waals surface area contributed by atoms with Gasteiger partial charge in [0.15, 0.2) is 0 Å². The topological polar surface area (TPSA) is 134 Å². The van der Waals surface area contributed by atoms with Gasteiger partial charge in [-0.05, 0) is 57.5 Å². The van der Waals surface area contributed by atoms with Crippen LogP contribution in [0, 0.1) is 6.92 Å². The Kier molecular flexibility index (Phi) is 10.8. The number of hydrogen-bond donors (Lipinski definition) is 4. The predicted molar refractivity (Wildman–Crippen MR) is 142 cm³/mol. The van der Waals surface area contributed by atoms with Gasteiger partial charge >= 0.3 is 0 Å². The highest BCUT2D eigenvalue weighted by Crippen LogP contribution is 2.24. The molecule has 0 bridgehead atoms. The quantitative estimate of drug-likeness (QED) is 0.343. The van der Waals surface area contributed by atoms with Crippen molar-refractivity contribution in [3.8, 4) is 11.5 Å². The van der Waals surface area contributed by atoms with Crippen molar-refractivity contribution in [1.29, 1.82) is 0 Å². The summed E-state index contributed by atoms with van der Waals surface area (Å²) in [5.41, 5.74) is 2.52. The third-order valence-electron chi connectivity index (χ3n) is 5.05. The van der Waals surface area contributed by atoms with Crippen LogP contribution in [-0.2, 0) is 24.4 Å². The van der Waals surface area contributed by atoms with Crippen LogP contribution in [0.3, 0.4) is 0 Å². The van der Waals surface area contributed by atoms with Crippen molar-refractivity contribution in [3.63, 3.8) is 0 Å². The molecule has 0 aliphatic carbocycles. The van der Waals surface area contributed by atoms with Gasteiger partial charge < -0.3 is 25.6 Å². The fourth-order valence-corrected chi connectivity index (χ4v) is 3.29. The fraction of sp³-hybridized carbons (Fsp3) is 0.333. The monoisotopic (exact) mass is 528 g/mol. The van der Waals surface area contributed by atoms with Crippen molar-refractivity contribution in [1.82, 2.24) is 20.6 Å². The molecule has 2 amide bonds. The van der Waals surface area contributed by atoms with Crippen LogP contribution < -0.4 is 15.4 Å². The summed E-state index contributed by atoms with van der Waals surface area (Å²) in [4.78, 5) is 31.5. The maximum Gasteiger partial charge on any atom is 0.253 e. The molecule has 0 saturated carbocycles. The Morgan fingerprint density at radius 2 is 1.73 bits per heavy atom. The molecule has 0 aliphatic rings. The van der Waals surface area contributed by atoms with Gasteiger partial charge in [-0.2, -0.15) is 0 Å². The molecule has 0 fully saturated rings. The number of aromatic nitrogens is 2. The number of amides is 2. The molecule has 0 spiro atoms. The Bertz CT molecular complexity index is 1190. The SMILES string of the molecule is COc1ccc(CNC(=O)c2ccc(Cl)nc2)cc1.Cc1ncc(CO)c(CC(=O)NC(C)(C)C)c1O. The molecule has 10 heteroatoms. The molecule has 3 aromatic rings. The minimum Gasteiger partial charge on any atom is -0.506 e. The second kappa shape index (κ2) is 13.6. The number of carbonyl (C=O) groups excluding carboxylic acids is 2. The van der Waals surface area contributed by atoms with E-state index in [4.69, 9.17) is 16.3 Å². The van der Waals surface area contributed by atoms with Gasteiger partial charge in [0, 0.05) is 35.6 Å². The number of pyridine rings is 2. The molecule has 0 aliphatic heterocycles. The number of aliphatic hydroxyl groups excluding tert-OH is 1. The third kappa shape index (κ3) is 9.70. The minimum atomic E-state index is -0.325. The Balaban J connectivity index is 0.000000261. The lowest BCUT2D eigenvalue weighted by atomic mass is 10.0. The largest absolute Gasteiger partial charge is 0.506 e. The summed E-state index contributed by atoms with van der Waals surface area (Å²) in [6.07, 6.45) is 2.96. The summed E-state index contributed by atoms with van der Waals surface area (Å²) >= 11 is 5.66. The Morgan fingerprint density at radius 1 is 1.05 bits per heavy atom. The van der Waals surface area contributed by atoms with Crippen molar-refractivity contribution >= 4 is 23.4 Å². The number of aryl methyl sites for hydroxylation is 1. The van der Waals surface area contributed by atoms with E-state index in [9.17, 15) is 19.8 Å². The highest BCUT2D eigenvalue weighted by atomic mass is 35.5. The van der Waals surface area contributed by atoms with Crippen LogP contribution in [-0.4, -0.2) is 44.6 Å². The van der Waals surface area contributed by atoms with E-state index < -0.39 is 0 Å². The van der Waals surface area contributed by atoms with Gasteiger partial charge in [0.1, 0.15) is 16.7 Å². The zero-order valence-corrected chi connectivity index (χ0v) is 22.4. The first-order valence-corrected chi connectivity index (χ1v) is 11.9. The molecule has 2 heterocycles. The second-order valence-corrected chi connectivity index (χ2v) is 9.62. The average Bonchev–Trinajstić information content (AvgIpc) is 2.85. The number of nitrogens with zero attached hydrogens (tertiary/aromatic N) is 2. The molecule has 1 aromatic carbocycles. The van der Waals surface area contributed by atoms with Crippen molar-refractivity contribution in [2.75, 3.05) is 7.11 Å². The molecular weight excluding hydrogens is 496 g/mol. The van der Waals surface area contributed by atoms with Crippen molar-refractivity contribution in [2.45, 2.75) is 52.8 Å². The number of hydrogen-bond acceptors (Lipinski definition) is 7. The average molecular weight is 529 g/mol. The van der Waals surface area contributed by atoms with Crippen molar-refractivity contribution < 1.29 is 24.5 Å². The number of aromatic hydroxyl groups is 1. The highest BCUT2D eigenvalue weighted by molar-refractivity contribution is 6.29. The molecule has 37 heavy (non-hydrogen) atoms. The minimum absolute atomic E-state index is 0.0226. The first kappa shape index (κ1) is 29.5. The van der Waals surface area contributed by atoms with Crippen LogP contribution in [0.2, 0.25) is 5.15 Å². The third-order valence-corrected chi connectivity index (χ3v) is 5.28. The molecule has 4 N–H and O–H groups in total. The zero-order valence-electron chi connectivity index (χ0n) is 21.6. The standard InChI is InChI=1S/C14H13ClN2O2.C13H20N2O3/c1-19-12-5-2-10(3-6-12)8-17-14(18)11-4-7-13(15)16-9-11;1-8-12(18)10(9(7-16)6-14-8)5-11(17)15-13(2,3)4/h2-7,9H,8H2,1H3,(H,17,18);6,16,18H,5,7H2,1-4H3,(H,15,17). The van der Waals surface area contributed by atoms with Crippen LogP contribution in [0.1, 0.15) is 53.5 Å². The number of benzene rings is 1. The van der Waals surface area contributed by atoms with E-state index in [1.807, 2.05) is 45.0 Å². The van der Waals surface area contributed by atoms with E-state index in [2.05, 4.69) is 20.6 Å². The van der Waals surface area contributed by atoms with Gasteiger partial charge in [-0.3, -0.25) is 14.6 Å². The molecule has 198 valence electrons. The van der Waals surface area contributed by atoms with Crippen LogP contribution in [0.5, 0.6) is 11.5 Å². The maximum atomic E-state index is 11.8. The summed E-state index contributed by atoms with van der Waals surface area (Å²) < 4.78 is 5.07. The number of halogens is 1. The molecule has 0 atom stereocenters. The highest BCUT2D eigenvalue weighted by Gasteiger charge is 2.18. The van der Waals surface area contributed by atoms with E-state index in [1.165, 1.54) is 12.4 Å². The number of aliphatic hydroxyl groups is 1. The Hall–Kier alpha value is -3.69. The van der Waals surface area contributed by atoms with Gasteiger partial charge in [-0.25, -0.2) is 4.98 Å². The first-order valence-electron chi connectivity index (χ1n) is 11.5. The molecule has 0 radical (unpaired) electrons. The number of ether oxygens (including phenoxy) is 1. The summed E-state index contributed by atoms with van der Waals surface area (Å²) in [6.45, 7) is 7.51. The summed E-state index contributed by atoms with van der Waals surface area (Å²) in [5.74, 6) is 0.390. The molecule has 3 rings (SSSR count). The number of nitrogens with one attached hydrogen (secondary N) is 2. The van der Waals surface area contributed by atoms with Crippen LogP contribution >= 0.6 is 11.6 Å². The van der Waals surface area contributed by atoms with Gasteiger partial charge in [-0.15, -0.1) is 0 Å². The number of methoxy groups -OCH3 is 1. The molecular formula is C27H33ClN4O5. The van der Waals surface area contributed by atoms with Crippen LogP contribution in [0.25, 0.3) is 0 Å². The normalized spacial score (nSPS) is 10.7. The fourth-order valence-electron chi connectivity index (χ4n) is 3.18. The van der Waals surface area contributed by atoms with E-state index in [1.54, 1.807) is 26.2 Å². The lowest BCUT2D eigenvalue weighted by Gasteiger charge is -2.21. The van der Waals surface area contributed by atoms with Gasteiger partial charge in [0.25, 0.3) is 5.91 Å². The van der Waals surface area contributed by atoms with Crippen molar-refractivity contribution in [3.05, 3.63) is 81.9 Å². The summed E-state index contributed by atoms with van der Waals surface area (Å²) in [6, 6.07) is 10.7. The second-order valence-electron chi connectivity index (χ2n) is 9.23. The van der Waals surface area contributed by atoms with Crippen LogP contribution in [0.15, 0.2) is 48.8 Å². The lowest BCUT2D eigenvalue weighted by Crippen LogP contribution is -2.41.